The van der Waals surface area contributed by atoms with E-state index in [1.165, 1.54) is 0 Å². The van der Waals surface area contributed by atoms with E-state index >= 15 is 0 Å². The van der Waals surface area contributed by atoms with Gasteiger partial charge >= 0.3 is 40.6 Å². The van der Waals surface area contributed by atoms with E-state index in [9.17, 15) is 18.9 Å². The zero-order valence-electron chi connectivity index (χ0n) is 8.18. The van der Waals surface area contributed by atoms with Crippen LogP contribution in [0.5, 0.6) is 0 Å². The van der Waals surface area contributed by atoms with Gasteiger partial charge in [-0.3, -0.25) is 14.2 Å². The van der Waals surface area contributed by atoms with Crippen molar-refractivity contribution in [1.82, 2.24) is 5.32 Å². The summed E-state index contributed by atoms with van der Waals surface area (Å²) in [6, 6.07) is -1.71. The molecule has 0 unspecified atom stereocenters. The van der Waals surface area contributed by atoms with E-state index in [0.717, 1.165) is 0 Å². The first kappa shape index (κ1) is 18.6. The van der Waals surface area contributed by atoms with Crippen molar-refractivity contribution in [3.05, 3.63) is 0 Å². The Hall–Kier alpha value is -0.752. The van der Waals surface area contributed by atoms with Gasteiger partial charge in [0.2, 0.25) is 5.91 Å². The summed E-state index contributed by atoms with van der Waals surface area (Å²) in [4.78, 5) is 48.4. The van der Waals surface area contributed by atoms with Crippen molar-refractivity contribution in [1.29, 1.82) is 0 Å². The number of carboxylic acid groups (broad SMARTS) is 2. The average Bonchev–Trinajstić information content (AvgIpc) is 1.97. The van der Waals surface area contributed by atoms with Gasteiger partial charge in [-0.2, -0.15) is 0 Å². The summed E-state index contributed by atoms with van der Waals surface area (Å²) < 4.78 is 10.4. The van der Waals surface area contributed by atoms with Crippen LogP contribution in [0.4, 0.5) is 0 Å². The van der Waals surface area contributed by atoms with Gasteiger partial charge in [-0.1, -0.05) is 0 Å². The van der Waals surface area contributed by atoms with Crippen LogP contribution in [-0.2, 0) is 40.0 Å². The predicted molar refractivity (Wildman–Crippen MR) is 48.7 cm³/mol. The van der Waals surface area contributed by atoms with Gasteiger partial charge in [-0.05, 0) is 0 Å². The second-order valence-corrected chi connectivity index (χ2v) is 4.52. The van der Waals surface area contributed by atoms with Gasteiger partial charge in [-0.15, -0.1) is 0 Å². The number of carbonyl (C=O) groups is 3. The Morgan fingerprint density at radius 3 is 1.94 bits per heavy atom. The molecule has 0 rings (SSSR count). The molecule has 0 heterocycles. The smallest absolute Gasteiger partial charge is 0.481 e. The van der Waals surface area contributed by atoms with Crippen LogP contribution in [0.15, 0.2) is 0 Å². The van der Waals surface area contributed by atoms with Gasteiger partial charge in [0.1, 0.15) is 12.2 Å². The zero-order chi connectivity index (χ0) is 12.9. The minimum absolute atomic E-state index is 0. The number of aliphatic carboxylic acids is 2. The molecule has 0 aliphatic heterocycles. The van der Waals surface area contributed by atoms with Crippen LogP contribution in [0.1, 0.15) is 6.42 Å². The van der Waals surface area contributed by atoms with Gasteiger partial charge in [0, 0.05) is 0 Å². The number of hydrogen-bond donors (Lipinski definition) is 5. The first-order chi connectivity index (χ1) is 7.11. The molecule has 0 aromatic rings. The maximum atomic E-state index is 10.9. The van der Waals surface area contributed by atoms with Crippen molar-refractivity contribution in [2.24, 2.45) is 0 Å². The van der Waals surface area contributed by atoms with Gasteiger partial charge in [0.05, 0.1) is 6.42 Å². The van der Waals surface area contributed by atoms with Crippen molar-refractivity contribution < 1.29 is 60.0 Å². The number of carboxylic acids is 2. The maximum Gasteiger partial charge on any atom is 2.00 e. The molecule has 1 atom stereocenters. The summed E-state index contributed by atoms with van der Waals surface area (Å²) in [5.74, 6) is -4.27. The Balaban J connectivity index is 0. The van der Waals surface area contributed by atoms with E-state index in [0.29, 0.717) is 0 Å². The fourth-order valence-corrected chi connectivity index (χ4v) is 1.27. The summed E-state index contributed by atoms with van der Waals surface area (Å²) in [6.07, 6.45) is -2.06. The molecule has 100 valence electrons. The summed E-state index contributed by atoms with van der Waals surface area (Å²) in [5.41, 5.74) is 0. The summed E-state index contributed by atoms with van der Waals surface area (Å²) in [5, 5.41) is 18.5. The fourth-order valence-electron chi connectivity index (χ4n) is 0.802. The second-order valence-electron chi connectivity index (χ2n) is 2.88. The van der Waals surface area contributed by atoms with Crippen molar-refractivity contribution in [3.63, 3.8) is 0 Å². The molecule has 0 radical (unpaired) electrons. The summed E-state index contributed by atoms with van der Waals surface area (Å²) in [7, 11) is -4.59. The van der Waals surface area contributed by atoms with E-state index in [4.69, 9.17) is 20.0 Å². The summed E-state index contributed by atoms with van der Waals surface area (Å²) >= 11 is 0. The minimum atomic E-state index is -4.59. The third-order valence-corrected chi connectivity index (χ3v) is 2.06. The number of carbonyl (C=O) groups excluding carboxylic acids is 1. The Labute approximate surface area is 110 Å². The Morgan fingerprint density at radius 2 is 1.65 bits per heavy atom. The minimum Gasteiger partial charge on any atom is -0.481 e. The van der Waals surface area contributed by atoms with Crippen LogP contribution in [-0.4, -0.2) is 50.0 Å². The van der Waals surface area contributed by atoms with E-state index in [-0.39, 0.29) is 21.1 Å². The Kier molecular flexibility index (Phi) is 8.27. The van der Waals surface area contributed by atoms with E-state index in [1.54, 1.807) is 5.32 Å². The van der Waals surface area contributed by atoms with Crippen LogP contribution < -0.4 is 5.32 Å². The number of amides is 1. The number of hydrogen-bond acceptors (Lipinski definition) is 4. The molecule has 0 fully saturated rings. The monoisotopic (exact) mass is 450 g/mol. The van der Waals surface area contributed by atoms with Crippen molar-refractivity contribution in [3.8, 4) is 0 Å². The molecule has 9 nitrogen and oxygen atoms in total. The largest absolute Gasteiger partial charge is 2.00 e. The van der Waals surface area contributed by atoms with Crippen LogP contribution in [0.2, 0.25) is 0 Å². The summed E-state index contributed by atoms with van der Waals surface area (Å²) in [6.45, 7) is 0. The third-order valence-electron chi connectivity index (χ3n) is 1.36. The molecular weight excluding hydrogens is 440 g/mol. The molecule has 0 aliphatic rings. The van der Waals surface area contributed by atoms with Crippen molar-refractivity contribution >= 4 is 25.4 Å². The molecule has 0 aromatic carbocycles. The first-order valence-electron chi connectivity index (χ1n) is 3.90. The molecule has 0 aliphatic carbocycles. The van der Waals surface area contributed by atoms with E-state index in [1.807, 2.05) is 0 Å². The van der Waals surface area contributed by atoms with Crippen molar-refractivity contribution in [2.75, 3.05) is 6.16 Å². The van der Waals surface area contributed by atoms with E-state index in [2.05, 4.69) is 0 Å². The molecule has 5 N–H and O–H groups in total. The molecule has 11 heteroatoms. The van der Waals surface area contributed by atoms with Gasteiger partial charge in [0.15, 0.2) is 0 Å². The Morgan fingerprint density at radius 1 is 1.18 bits per heavy atom. The average molecular weight is 450 g/mol. The maximum absolute atomic E-state index is 10.9. The predicted octanol–water partition coefficient (Wildman–Crippen LogP) is -1.79. The SMILES string of the molecule is O=C(O)C[C@H](NC(=O)CP(=O)(O)O)C(=O)O.[Pt+2]. The van der Waals surface area contributed by atoms with Gasteiger partial charge in [0.25, 0.3) is 0 Å². The van der Waals surface area contributed by atoms with Gasteiger partial charge in [-0.25, -0.2) is 4.79 Å². The first-order valence-corrected chi connectivity index (χ1v) is 5.70. The number of rotatable bonds is 6. The van der Waals surface area contributed by atoms with Gasteiger partial charge < -0.3 is 25.3 Å². The topological polar surface area (TPSA) is 161 Å². The molecule has 1 amide bonds. The molecule has 0 saturated heterocycles. The van der Waals surface area contributed by atoms with Crippen LogP contribution in [0, 0.1) is 0 Å². The molecule has 0 spiro atoms. The van der Waals surface area contributed by atoms with E-state index < -0.39 is 44.1 Å². The fraction of sp³-hybridized carbons (Fsp3) is 0.500. The molecule has 0 bridgehead atoms. The normalized spacial score (nSPS) is 12.1. The molecular formula is C6H10NO8PPt+2. The van der Waals surface area contributed by atoms with Crippen LogP contribution in [0.25, 0.3) is 0 Å². The third kappa shape index (κ3) is 10.1. The molecule has 17 heavy (non-hydrogen) atoms. The quantitative estimate of drug-likeness (QED) is 0.297. The standard InChI is InChI=1S/C6H10NO8P.Pt/c8-4(2-16(13,14)15)7-3(6(11)12)1-5(9)10;/h3H,1-2H2,(H,7,8)(H,9,10)(H,11,12)(H2,13,14,15);/q;+2/t3-;/m0./s1. The van der Waals surface area contributed by atoms with Crippen molar-refractivity contribution in [2.45, 2.75) is 12.5 Å². The van der Waals surface area contributed by atoms with Crippen LogP contribution in [0.3, 0.4) is 0 Å². The second kappa shape index (κ2) is 7.55. The Bertz CT molecular complexity index is 352. The van der Waals surface area contributed by atoms with Crippen LogP contribution >= 0.6 is 7.60 Å². The number of nitrogens with one attached hydrogen (secondary N) is 1. The molecule has 0 saturated carbocycles. The zero-order valence-corrected chi connectivity index (χ0v) is 11.3. The molecule has 0 aromatic heterocycles.